The molecule has 0 bridgehead atoms. The molecule has 0 aliphatic carbocycles. The van der Waals surface area contributed by atoms with Crippen molar-refractivity contribution < 1.29 is 0 Å². The molecule has 0 spiro atoms. The number of nitrogens with zero attached hydrogens (tertiary/aromatic N) is 1. The minimum absolute atomic E-state index is 0.346. The second-order valence-electron chi connectivity index (χ2n) is 8.11. The molecule has 1 fully saturated rings. The molecule has 2 atom stereocenters. The summed E-state index contributed by atoms with van der Waals surface area (Å²) in [4.78, 5) is 2.71. The third kappa shape index (κ3) is 6.13. The second-order valence-corrected chi connectivity index (χ2v) is 8.11. The molecule has 0 radical (unpaired) electrons. The monoisotopic (exact) mass is 282 g/mol. The molecule has 20 heavy (non-hydrogen) atoms. The van der Waals surface area contributed by atoms with E-state index in [-0.39, 0.29) is 0 Å². The predicted octanol–water partition coefficient (Wildman–Crippen LogP) is 4.16. The molecule has 0 aromatic carbocycles. The minimum Gasteiger partial charge on any atom is -0.312 e. The summed E-state index contributed by atoms with van der Waals surface area (Å²) in [6.07, 6.45) is 5.43. The van der Waals surface area contributed by atoms with E-state index in [0.29, 0.717) is 11.5 Å². The first-order valence-corrected chi connectivity index (χ1v) is 8.80. The van der Waals surface area contributed by atoms with Gasteiger partial charge in [0, 0.05) is 12.6 Å². The van der Waals surface area contributed by atoms with Crippen molar-refractivity contribution in [2.45, 2.75) is 73.3 Å². The number of rotatable bonds is 6. The lowest BCUT2D eigenvalue weighted by molar-refractivity contribution is 0.174. The maximum Gasteiger partial charge on any atom is 0.0243 e. The lowest BCUT2D eigenvalue weighted by atomic mass is 9.86. The Morgan fingerprint density at radius 1 is 1.15 bits per heavy atom. The maximum atomic E-state index is 3.77. The quantitative estimate of drug-likeness (QED) is 0.787. The molecule has 0 aromatic rings. The topological polar surface area (TPSA) is 15.3 Å². The highest BCUT2D eigenvalue weighted by Gasteiger charge is 2.27. The summed E-state index contributed by atoms with van der Waals surface area (Å²) >= 11 is 0. The average molecular weight is 283 g/mol. The van der Waals surface area contributed by atoms with E-state index >= 15 is 0 Å². The van der Waals surface area contributed by atoms with Crippen molar-refractivity contribution in [3.05, 3.63) is 0 Å². The summed E-state index contributed by atoms with van der Waals surface area (Å²) in [5, 5.41) is 3.77. The molecule has 0 saturated carbocycles. The molecule has 2 nitrogen and oxygen atoms in total. The zero-order valence-electron chi connectivity index (χ0n) is 14.8. The van der Waals surface area contributed by atoms with Crippen molar-refractivity contribution in [2.24, 2.45) is 17.3 Å². The summed E-state index contributed by atoms with van der Waals surface area (Å²) in [6.45, 7) is 19.1. The molecule has 1 saturated heterocycles. The van der Waals surface area contributed by atoms with Crippen LogP contribution in [0, 0.1) is 17.3 Å². The summed E-state index contributed by atoms with van der Waals surface area (Å²) in [6, 6.07) is 0.609. The molecule has 2 heteroatoms. The van der Waals surface area contributed by atoms with E-state index in [1.54, 1.807) is 0 Å². The van der Waals surface area contributed by atoms with Crippen molar-refractivity contribution >= 4 is 0 Å². The van der Waals surface area contributed by atoms with Crippen LogP contribution in [0.1, 0.15) is 67.2 Å². The fraction of sp³-hybridized carbons (Fsp3) is 1.00. The average Bonchev–Trinajstić information content (AvgIpc) is 2.58. The van der Waals surface area contributed by atoms with E-state index in [0.717, 1.165) is 18.4 Å². The Labute approximate surface area is 127 Å². The van der Waals surface area contributed by atoms with Gasteiger partial charge >= 0.3 is 0 Å². The van der Waals surface area contributed by atoms with E-state index in [4.69, 9.17) is 0 Å². The first-order chi connectivity index (χ1) is 9.34. The highest BCUT2D eigenvalue weighted by atomic mass is 15.2. The van der Waals surface area contributed by atoms with Gasteiger partial charge in [-0.05, 0) is 62.6 Å². The van der Waals surface area contributed by atoms with Gasteiger partial charge in [-0.1, -0.05) is 41.5 Å². The van der Waals surface area contributed by atoms with Gasteiger partial charge in [0.2, 0.25) is 0 Å². The summed E-state index contributed by atoms with van der Waals surface area (Å²) in [5.41, 5.74) is 0.346. The predicted molar refractivity (Wildman–Crippen MR) is 90.2 cm³/mol. The van der Waals surface area contributed by atoms with Gasteiger partial charge in [0.25, 0.3) is 0 Å². The van der Waals surface area contributed by atoms with Crippen LogP contribution in [0.2, 0.25) is 0 Å². The van der Waals surface area contributed by atoms with Gasteiger partial charge in [0.1, 0.15) is 0 Å². The summed E-state index contributed by atoms with van der Waals surface area (Å²) < 4.78 is 0. The normalized spacial score (nSPS) is 23.9. The van der Waals surface area contributed by atoms with Crippen molar-refractivity contribution in [1.29, 1.82) is 0 Å². The van der Waals surface area contributed by atoms with Crippen molar-refractivity contribution in [3.63, 3.8) is 0 Å². The van der Waals surface area contributed by atoms with Gasteiger partial charge in [0.05, 0.1) is 0 Å². The van der Waals surface area contributed by atoms with Crippen LogP contribution >= 0.6 is 0 Å². The highest BCUT2D eigenvalue weighted by Crippen LogP contribution is 2.26. The molecular weight excluding hydrogens is 244 g/mol. The van der Waals surface area contributed by atoms with Crippen LogP contribution in [0.5, 0.6) is 0 Å². The van der Waals surface area contributed by atoms with Gasteiger partial charge in [0.15, 0.2) is 0 Å². The van der Waals surface area contributed by atoms with Crippen LogP contribution in [-0.4, -0.2) is 37.1 Å². The van der Waals surface area contributed by atoms with Crippen LogP contribution < -0.4 is 5.32 Å². The Hall–Kier alpha value is -0.0800. The van der Waals surface area contributed by atoms with E-state index in [2.05, 4.69) is 51.8 Å². The number of nitrogens with one attached hydrogen (secondary N) is 1. The van der Waals surface area contributed by atoms with Crippen LogP contribution in [-0.2, 0) is 0 Å². The molecule has 0 amide bonds. The molecule has 1 rings (SSSR count). The second kappa shape index (κ2) is 8.38. The van der Waals surface area contributed by atoms with Crippen molar-refractivity contribution in [2.75, 3.05) is 26.2 Å². The molecule has 0 aromatic heterocycles. The zero-order valence-corrected chi connectivity index (χ0v) is 14.8. The minimum atomic E-state index is 0.346. The fourth-order valence-electron chi connectivity index (χ4n) is 3.25. The largest absolute Gasteiger partial charge is 0.312 e. The van der Waals surface area contributed by atoms with Gasteiger partial charge in [-0.2, -0.15) is 0 Å². The SMILES string of the molecule is CCCNC(CN1CCCC(C(C)C)CC1)C(C)(C)C. The lowest BCUT2D eigenvalue weighted by Gasteiger charge is -2.36. The Morgan fingerprint density at radius 2 is 1.85 bits per heavy atom. The summed E-state index contributed by atoms with van der Waals surface area (Å²) in [7, 11) is 0. The Morgan fingerprint density at radius 3 is 2.40 bits per heavy atom. The number of likely N-dealkylation sites (tertiary alicyclic amines) is 1. The van der Waals surface area contributed by atoms with Crippen LogP contribution in [0.3, 0.4) is 0 Å². The Kier molecular flexibility index (Phi) is 7.53. The van der Waals surface area contributed by atoms with Crippen molar-refractivity contribution in [3.8, 4) is 0 Å². The smallest absolute Gasteiger partial charge is 0.0243 e. The molecule has 1 heterocycles. The van der Waals surface area contributed by atoms with E-state index in [1.165, 1.54) is 45.3 Å². The number of hydrogen-bond donors (Lipinski definition) is 1. The van der Waals surface area contributed by atoms with Crippen LogP contribution in [0.4, 0.5) is 0 Å². The molecule has 120 valence electrons. The lowest BCUT2D eigenvalue weighted by Crippen LogP contribution is -2.49. The van der Waals surface area contributed by atoms with E-state index < -0.39 is 0 Å². The van der Waals surface area contributed by atoms with Gasteiger partial charge in [-0.25, -0.2) is 0 Å². The Bertz CT molecular complexity index is 255. The van der Waals surface area contributed by atoms with Gasteiger partial charge in [-0.3, -0.25) is 0 Å². The summed E-state index contributed by atoms with van der Waals surface area (Å²) in [5.74, 6) is 1.79. The van der Waals surface area contributed by atoms with Crippen molar-refractivity contribution in [1.82, 2.24) is 10.2 Å². The van der Waals surface area contributed by atoms with Gasteiger partial charge in [-0.15, -0.1) is 0 Å². The van der Waals surface area contributed by atoms with E-state index in [1.807, 2.05) is 0 Å². The standard InChI is InChI=1S/C18H38N2/c1-7-11-19-17(18(4,5)6)14-20-12-8-9-16(10-13-20)15(2)3/h15-17,19H,7-14H2,1-6H3. The van der Waals surface area contributed by atoms with Crippen LogP contribution in [0.15, 0.2) is 0 Å². The first-order valence-electron chi connectivity index (χ1n) is 8.80. The van der Waals surface area contributed by atoms with Gasteiger partial charge < -0.3 is 10.2 Å². The van der Waals surface area contributed by atoms with Crippen LogP contribution in [0.25, 0.3) is 0 Å². The Balaban J connectivity index is 2.51. The first kappa shape index (κ1) is 18.0. The third-order valence-electron chi connectivity index (χ3n) is 4.94. The third-order valence-corrected chi connectivity index (χ3v) is 4.94. The highest BCUT2D eigenvalue weighted by molar-refractivity contribution is 4.84. The molecule has 1 aliphatic heterocycles. The number of hydrogen-bond acceptors (Lipinski definition) is 2. The fourth-order valence-corrected chi connectivity index (χ4v) is 3.25. The molecular formula is C18H38N2. The maximum absolute atomic E-state index is 3.77. The molecule has 2 unspecified atom stereocenters. The molecule has 1 N–H and O–H groups in total. The molecule has 1 aliphatic rings. The zero-order chi connectivity index (χ0) is 15.2. The van der Waals surface area contributed by atoms with E-state index in [9.17, 15) is 0 Å².